The highest BCUT2D eigenvalue weighted by Crippen LogP contribution is 2.33. The number of nitrogens with zero attached hydrogens (tertiary/aromatic N) is 3. The minimum absolute atomic E-state index is 0.0929. The van der Waals surface area contributed by atoms with Crippen LogP contribution in [0.3, 0.4) is 0 Å². The van der Waals surface area contributed by atoms with E-state index in [9.17, 15) is 18.0 Å². The molecule has 1 aromatic heterocycles. The van der Waals surface area contributed by atoms with Crippen molar-refractivity contribution in [1.82, 2.24) is 15.0 Å². The van der Waals surface area contributed by atoms with Crippen molar-refractivity contribution >= 4 is 6.29 Å². The minimum atomic E-state index is -4.58. The Morgan fingerprint density at radius 1 is 1.41 bits per heavy atom. The molecule has 1 fully saturated rings. The fraction of sp³-hybridized carbons (Fsp3) is 0.700. The van der Waals surface area contributed by atoms with Gasteiger partial charge in [0.15, 0.2) is 17.7 Å². The molecule has 1 saturated carbocycles. The van der Waals surface area contributed by atoms with Crippen molar-refractivity contribution in [2.75, 3.05) is 0 Å². The topological polar surface area (TPSA) is 47.8 Å². The van der Waals surface area contributed by atoms with Crippen molar-refractivity contribution in [3.05, 3.63) is 11.4 Å². The average Bonchev–Trinajstić information content (AvgIpc) is 2.58. The second kappa shape index (κ2) is 4.46. The number of carbonyl (C=O) groups is 1. The normalized spacial score (nSPS) is 16.9. The molecular weight excluding hydrogens is 235 g/mol. The van der Waals surface area contributed by atoms with Crippen LogP contribution in [0.5, 0.6) is 0 Å². The van der Waals surface area contributed by atoms with Crippen LogP contribution in [0.15, 0.2) is 0 Å². The van der Waals surface area contributed by atoms with Crippen molar-refractivity contribution in [2.45, 2.75) is 38.4 Å². The number of aldehydes is 1. The van der Waals surface area contributed by atoms with E-state index in [1.165, 1.54) is 0 Å². The first-order chi connectivity index (χ1) is 8.02. The summed E-state index contributed by atoms with van der Waals surface area (Å²) in [5.41, 5.74) is -1.67. The molecule has 1 aliphatic rings. The quantitative estimate of drug-likeness (QED) is 0.767. The first-order valence-electron chi connectivity index (χ1n) is 5.48. The van der Waals surface area contributed by atoms with E-state index in [4.69, 9.17) is 0 Å². The van der Waals surface area contributed by atoms with Gasteiger partial charge in [-0.3, -0.25) is 4.79 Å². The Morgan fingerprint density at radius 2 is 2.12 bits per heavy atom. The molecule has 0 saturated heterocycles. The van der Waals surface area contributed by atoms with Crippen molar-refractivity contribution in [3.63, 3.8) is 0 Å². The molecule has 4 nitrogen and oxygen atoms in total. The van der Waals surface area contributed by atoms with Crippen molar-refractivity contribution < 1.29 is 18.0 Å². The van der Waals surface area contributed by atoms with E-state index in [1.807, 2.05) is 0 Å². The molecule has 0 aromatic carbocycles. The fourth-order valence-electron chi connectivity index (χ4n) is 1.94. The highest BCUT2D eigenvalue weighted by atomic mass is 19.4. The molecule has 0 amide bonds. The summed E-state index contributed by atoms with van der Waals surface area (Å²) in [7, 11) is 0. The lowest BCUT2D eigenvalue weighted by Crippen LogP contribution is -2.20. The number of aromatic nitrogens is 3. The van der Waals surface area contributed by atoms with Crippen LogP contribution in [-0.2, 0) is 12.7 Å². The number of aryl methyl sites for hydroxylation is 1. The van der Waals surface area contributed by atoms with Crippen LogP contribution < -0.4 is 0 Å². The standard InChI is InChI=1S/C10H12F3N3O/c11-10(12,13)9-8(6-17)14-15-16(9)5-4-7-2-1-3-7/h6-7H,1-5H2. The van der Waals surface area contributed by atoms with Crippen LogP contribution in [-0.4, -0.2) is 21.3 Å². The second-order valence-corrected chi connectivity index (χ2v) is 4.25. The van der Waals surface area contributed by atoms with Gasteiger partial charge in [-0.25, -0.2) is 4.68 Å². The van der Waals surface area contributed by atoms with Crippen molar-refractivity contribution in [2.24, 2.45) is 5.92 Å². The number of carbonyl (C=O) groups excluding carboxylic acids is 1. The van der Waals surface area contributed by atoms with Gasteiger partial charge in [0.2, 0.25) is 0 Å². The Balaban J connectivity index is 2.14. The summed E-state index contributed by atoms with van der Waals surface area (Å²) in [6.07, 6.45) is -0.555. The second-order valence-electron chi connectivity index (χ2n) is 4.25. The van der Waals surface area contributed by atoms with Gasteiger partial charge in [-0.05, 0) is 12.3 Å². The van der Waals surface area contributed by atoms with Gasteiger partial charge in [0.05, 0.1) is 0 Å². The molecule has 0 N–H and O–H groups in total. The number of halogens is 3. The van der Waals surface area contributed by atoms with Gasteiger partial charge in [-0.1, -0.05) is 24.5 Å². The summed E-state index contributed by atoms with van der Waals surface area (Å²) in [5.74, 6) is 0.486. The van der Waals surface area contributed by atoms with E-state index in [-0.39, 0.29) is 12.8 Å². The number of hydrogen-bond donors (Lipinski definition) is 0. The Kier molecular flexibility index (Phi) is 3.17. The largest absolute Gasteiger partial charge is 0.435 e. The molecule has 94 valence electrons. The van der Waals surface area contributed by atoms with Crippen LogP contribution in [0.2, 0.25) is 0 Å². The maximum absolute atomic E-state index is 12.7. The van der Waals surface area contributed by atoms with Gasteiger partial charge in [-0.15, -0.1) is 5.10 Å². The molecule has 0 bridgehead atoms. The molecule has 17 heavy (non-hydrogen) atoms. The summed E-state index contributed by atoms with van der Waals surface area (Å²) in [5, 5.41) is 6.65. The highest BCUT2D eigenvalue weighted by Gasteiger charge is 2.39. The molecule has 0 unspecified atom stereocenters. The van der Waals surface area contributed by atoms with Crippen molar-refractivity contribution in [1.29, 1.82) is 0 Å². The van der Waals surface area contributed by atoms with Gasteiger partial charge in [0.25, 0.3) is 0 Å². The lowest BCUT2D eigenvalue weighted by Gasteiger charge is -2.25. The molecule has 0 radical (unpaired) electrons. The lowest BCUT2D eigenvalue weighted by atomic mass is 9.83. The monoisotopic (exact) mass is 247 g/mol. The summed E-state index contributed by atoms with van der Waals surface area (Å²) in [6, 6.07) is 0. The zero-order valence-corrected chi connectivity index (χ0v) is 9.07. The van der Waals surface area contributed by atoms with Crippen LogP contribution in [0.1, 0.15) is 41.9 Å². The molecular formula is C10H12F3N3O. The molecule has 1 heterocycles. The highest BCUT2D eigenvalue weighted by molar-refractivity contribution is 5.73. The molecule has 1 aromatic rings. The van der Waals surface area contributed by atoms with Crippen LogP contribution >= 0.6 is 0 Å². The van der Waals surface area contributed by atoms with Gasteiger partial charge in [0, 0.05) is 6.54 Å². The lowest BCUT2D eigenvalue weighted by molar-refractivity contribution is -0.144. The van der Waals surface area contributed by atoms with E-state index in [0.717, 1.165) is 23.9 Å². The summed E-state index contributed by atoms with van der Waals surface area (Å²) in [6.45, 7) is 0.167. The van der Waals surface area contributed by atoms with Gasteiger partial charge in [0.1, 0.15) is 0 Å². The summed E-state index contributed by atoms with van der Waals surface area (Å²) < 4.78 is 38.9. The van der Waals surface area contributed by atoms with Crippen LogP contribution in [0.25, 0.3) is 0 Å². The van der Waals surface area contributed by atoms with E-state index < -0.39 is 17.6 Å². The first kappa shape index (κ1) is 12.1. The van der Waals surface area contributed by atoms with Crippen LogP contribution in [0, 0.1) is 5.92 Å². The Bertz CT molecular complexity index is 409. The summed E-state index contributed by atoms with van der Waals surface area (Å²) in [4.78, 5) is 10.5. The van der Waals surface area contributed by atoms with Gasteiger partial charge >= 0.3 is 6.18 Å². The summed E-state index contributed by atoms with van der Waals surface area (Å²) >= 11 is 0. The first-order valence-corrected chi connectivity index (χ1v) is 5.48. The zero-order chi connectivity index (χ0) is 12.5. The van der Waals surface area contributed by atoms with Crippen LogP contribution in [0.4, 0.5) is 13.2 Å². The average molecular weight is 247 g/mol. The number of rotatable bonds is 4. The van der Waals surface area contributed by atoms with Gasteiger partial charge < -0.3 is 0 Å². The predicted octanol–water partition coefficient (Wildman–Crippen LogP) is 2.30. The van der Waals surface area contributed by atoms with Crippen molar-refractivity contribution in [3.8, 4) is 0 Å². The van der Waals surface area contributed by atoms with E-state index in [2.05, 4.69) is 10.3 Å². The molecule has 2 rings (SSSR count). The molecule has 0 atom stereocenters. The maximum atomic E-state index is 12.7. The number of hydrogen-bond acceptors (Lipinski definition) is 3. The van der Waals surface area contributed by atoms with E-state index in [0.29, 0.717) is 12.3 Å². The smallest absolute Gasteiger partial charge is 0.296 e. The fourth-order valence-corrected chi connectivity index (χ4v) is 1.94. The Morgan fingerprint density at radius 3 is 2.59 bits per heavy atom. The van der Waals surface area contributed by atoms with E-state index in [1.54, 1.807) is 0 Å². The molecule has 1 aliphatic carbocycles. The minimum Gasteiger partial charge on any atom is -0.296 e. The zero-order valence-electron chi connectivity index (χ0n) is 9.07. The third kappa shape index (κ3) is 2.48. The predicted molar refractivity (Wildman–Crippen MR) is 52.4 cm³/mol. The molecule has 0 spiro atoms. The van der Waals surface area contributed by atoms with E-state index >= 15 is 0 Å². The Hall–Kier alpha value is -1.40. The maximum Gasteiger partial charge on any atom is 0.435 e. The third-order valence-corrected chi connectivity index (χ3v) is 3.12. The SMILES string of the molecule is O=Cc1nnn(CCC2CCC2)c1C(F)(F)F. The third-order valence-electron chi connectivity index (χ3n) is 3.12. The Labute approximate surface area is 95.8 Å². The molecule has 0 aliphatic heterocycles. The van der Waals surface area contributed by atoms with Gasteiger partial charge in [-0.2, -0.15) is 13.2 Å². The molecule has 7 heteroatoms. The number of alkyl halides is 3.